The number of carbonyl (C=O) groups is 2. The van der Waals surface area contributed by atoms with Gasteiger partial charge in [-0.15, -0.1) is 0 Å². The first kappa shape index (κ1) is 26.9. The van der Waals surface area contributed by atoms with Gasteiger partial charge in [0.25, 0.3) is 0 Å². The molecule has 2 bridgehead atoms. The van der Waals surface area contributed by atoms with E-state index in [4.69, 9.17) is 9.47 Å². The van der Waals surface area contributed by atoms with Crippen LogP contribution in [0.4, 0.5) is 0 Å². The molecule has 0 radical (unpaired) electrons. The molecule has 0 amide bonds. The van der Waals surface area contributed by atoms with E-state index in [1.165, 1.54) is 0 Å². The Morgan fingerprint density at radius 1 is 0.600 bits per heavy atom. The van der Waals surface area contributed by atoms with Gasteiger partial charge in [-0.25, -0.2) is 0 Å². The minimum atomic E-state index is -0.348. The number of esters is 2. The van der Waals surface area contributed by atoms with Crippen LogP contribution in [-0.2, 0) is 19.1 Å². The summed E-state index contributed by atoms with van der Waals surface area (Å²) in [5, 5.41) is 0. The second-order valence-corrected chi connectivity index (χ2v) is 14.7. The Hall–Kier alpha value is -1.14. The second kappa shape index (κ2) is 8.72. The number of carbonyl (C=O) groups excluding carboxylic acids is 2. The summed E-state index contributed by atoms with van der Waals surface area (Å²) >= 11 is 0. The summed E-state index contributed by atoms with van der Waals surface area (Å²) in [4.78, 5) is 32.0. The quantitative estimate of drug-likeness (QED) is 0.515. The van der Waals surface area contributed by atoms with Gasteiger partial charge in [0, 0.05) is 47.8 Å². The Morgan fingerprint density at radius 3 is 1.17 bits per heavy atom. The van der Waals surface area contributed by atoms with Gasteiger partial charge in [0.2, 0.25) is 0 Å². The minimum Gasteiger partial charge on any atom is -0.462 e. The summed E-state index contributed by atoms with van der Waals surface area (Å²) < 4.78 is 12.4. The average molecular weight is 491 g/mol. The number of piperidine rings is 2. The Kier molecular flexibility index (Phi) is 6.70. The molecule has 35 heavy (non-hydrogen) atoms. The lowest BCUT2D eigenvalue weighted by atomic mass is 9.77. The van der Waals surface area contributed by atoms with Crippen molar-refractivity contribution in [3.63, 3.8) is 0 Å². The fourth-order valence-corrected chi connectivity index (χ4v) is 8.18. The number of likely N-dealkylation sites (tertiary alicyclic amines) is 2. The number of hydrogen-bond donors (Lipinski definition) is 0. The number of nitrogens with zero attached hydrogens (tertiary/aromatic N) is 2. The van der Waals surface area contributed by atoms with Crippen molar-refractivity contribution in [2.75, 3.05) is 14.1 Å². The van der Waals surface area contributed by atoms with Gasteiger partial charge in [-0.1, -0.05) is 0 Å². The van der Waals surface area contributed by atoms with Crippen LogP contribution in [0.1, 0.15) is 100 Å². The van der Waals surface area contributed by atoms with Crippen molar-refractivity contribution in [3.05, 3.63) is 0 Å². The molecule has 0 aromatic rings. The van der Waals surface area contributed by atoms with Gasteiger partial charge < -0.3 is 9.47 Å². The lowest BCUT2D eigenvalue weighted by molar-refractivity contribution is -0.178. The molecule has 0 aromatic carbocycles. The van der Waals surface area contributed by atoms with Crippen molar-refractivity contribution in [1.82, 2.24) is 9.80 Å². The summed E-state index contributed by atoms with van der Waals surface area (Å²) in [5.74, 6) is -0.516. The molecule has 2 unspecified atom stereocenters. The number of rotatable bonds is 4. The first-order valence-electron chi connectivity index (χ1n) is 13.8. The van der Waals surface area contributed by atoms with Gasteiger partial charge in [0.15, 0.2) is 0 Å². The monoisotopic (exact) mass is 490 g/mol. The summed E-state index contributed by atoms with van der Waals surface area (Å²) in [7, 11) is 4.32. The maximum Gasteiger partial charge on any atom is 0.310 e. The van der Waals surface area contributed by atoms with Crippen molar-refractivity contribution in [2.24, 2.45) is 23.7 Å². The van der Waals surface area contributed by atoms with Crippen LogP contribution in [0, 0.1) is 23.7 Å². The third-order valence-electron chi connectivity index (χ3n) is 10.6. The average Bonchev–Trinajstić information content (AvgIpc) is 3.31. The first-order valence-corrected chi connectivity index (χ1v) is 13.8. The van der Waals surface area contributed by atoms with Gasteiger partial charge >= 0.3 is 11.9 Å². The summed E-state index contributed by atoms with van der Waals surface area (Å²) in [5.41, 5.74) is -0.193. The second-order valence-electron chi connectivity index (χ2n) is 14.7. The molecular formula is C29H50N2O4. The largest absolute Gasteiger partial charge is 0.462 e. The number of fused-ring (bicyclic) bond motifs is 2. The predicted molar refractivity (Wildman–Crippen MR) is 138 cm³/mol. The molecule has 2 aliphatic heterocycles. The Morgan fingerprint density at radius 2 is 0.886 bits per heavy atom. The number of ether oxygens (including phenoxy) is 2. The van der Waals surface area contributed by atoms with Gasteiger partial charge in [0.05, 0.1) is 11.8 Å². The Bertz CT molecular complexity index is 744. The van der Waals surface area contributed by atoms with Crippen molar-refractivity contribution < 1.29 is 19.1 Å². The van der Waals surface area contributed by atoms with E-state index in [1.54, 1.807) is 0 Å². The minimum absolute atomic E-state index is 0.0482. The topological polar surface area (TPSA) is 59.1 Å². The molecule has 0 N–H and O–H groups in total. The summed E-state index contributed by atoms with van der Waals surface area (Å²) in [6.07, 6.45) is 6.02. The van der Waals surface area contributed by atoms with E-state index in [9.17, 15) is 9.59 Å². The third kappa shape index (κ3) is 4.91. The van der Waals surface area contributed by atoms with Crippen molar-refractivity contribution in [1.29, 1.82) is 0 Å². The molecule has 4 atom stereocenters. The normalized spacial score (nSPS) is 36.7. The lowest BCUT2D eigenvalue weighted by Crippen LogP contribution is -2.60. The summed E-state index contributed by atoms with van der Waals surface area (Å²) in [6.45, 7) is 17.8. The van der Waals surface area contributed by atoms with Gasteiger partial charge in [0.1, 0.15) is 12.2 Å². The van der Waals surface area contributed by atoms with Crippen LogP contribution in [-0.4, -0.2) is 70.2 Å². The van der Waals surface area contributed by atoms with Crippen LogP contribution in [0.2, 0.25) is 0 Å². The van der Waals surface area contributed by atoms with E-state index < -0.39 is 0 Å². The van der Waals surface area contributed by atoms with Gasteiger partial charge in [-0.2, -0.15) is 0 Å². The van der Waals surface area contributed by atoms with E-state index in [0.29, 0.717) is 0 Å². The smallest absolute Gasteiger partial charge is 0.310 e. The molecule has 2 aliphatic carbocycles. The van der Waals surface area contributed by atoms with Crippen LogP contribution >= 0.6 is 0 Å². The molecule has 200 valence electrons. The van der Waals surface area contributed by atoms with E-state index in [0.717, 1.165) is 44.9 Å². The van der Waals surface area contributed by atoms with Crippen LogP contribution in [0.5, 0.6) is 0 Å². The highest BCUT2D eigenvalue weighted by molar-refractivity contribution is 5.84. The molecule has 6 heteroatoms. The summed E-state index contributed by atoms with van der Waals surface area (Å²) in [6, 6.07) is 0. The molecule has 4 aliphatic rings. The number of hydrogen-bond acceptors (Lipinski definition) is 6. The highest BCUT2D eigenvalue weighted by Crippen LogP contribution is 2.54. The molecule has 4 fully saturated rings. The molecule has 2 saturated carbocycles. The molecule has 2 saturated heterocycles. The van der Waals surface area contributed by atoms with E-state index in [-0.39, 0.29) is 70.0 Å². The maximum absolute atomic E-state index is 13.6. The zero-order valence-electron chi connectivity index (χ0n) is 23.9. The Labute approximate surface area is 213 Å². The molecule has 4 rings (SSSR count). The van der Waals surface area contributed by atoms with Crippen LogP contribution in [0.15, 0.2) is 0 Å². The van der Waals surface area contributed by atoms with E-state index in [2.05, 4.69) is 79.3 Å². The van der Waals surface area contributed by atoms with Crippen LogP contribution in [0.25, 0.3) is 0 Å². The molecule has 0 aromatic heterocycles. The molecular weight excluding hydrogens is 440 g/mol. The molecule has 6 nitrogen and oxygen atoms in total. The zero-order chi connectivity index (χ0) is 26.1. The molecule has 2 heterocycles. The standard InChI is InChI=1S/C29H50N2O4/c1-26(2)14-20(15-27(3,4)30(26)9)34-24(32)22-18-11-12-19(13-18)23(22)25(33)35-21-16-28(5,6)31(10)29(7,8)17-21/h18-23H,11-17H2,1-10H3/t18-,19+,22?,23?. The highest BCUT2D eigenvalue weighted by atomic mass is 16.6. The Balaban J connectivity index is 1.46. The van der Waals surface area contributed by atoms with Crippen LogP contribution in [0.3, 0.4) is 0 Å². The van der Waals surface area contributed by atoms with Crippen LogP contribution < -0.4 is 0 Å². The molecule has 0 spiro atoms. The third-order valence-corrected chi connectivity index (χ3v) is 10.6. The van der Waals surface area contributed by atoms with Crippen molar-refractivity contribution >= 4 is 11.9 Å². The lowest BCUT2D eigenvalue weighted by Gasteiger charge is -2.53. The van der Waals surface area contributed by atoms with E-state index >= 15 is 0 Å². The predicted octanol–water partition coefficient (Wildman–Crippen LogP) is 5.04. The van der Waals surface area contributed by atoms with Gasteiger partial charge in [-0.05, 0) is 101 Å². The van der Waals surface area contributed by atoms with Gasteiger partial charge in [-0.3, -0.25) is 19.4 Å². The van der Waals surface area contributed by atoms with Crippen molar-refractivity contribution in [3.8, 4) is 0 Å². The van der Waals surface area contributed by atoms with Crippen molar-refractivity contribution in [2.45, 2.75) is 135 Å². The highest BCUT2D eigenvalue weighted by Gasteiger charge is 2.57. The first-order chi connectivity index (χ1) is 15.9. The SMILES string of the molecule is CN1C(C)(C)CC(OC(=O)C2C(C(=O)OC3CC(C)(C)N(C)C(C)(C)C3)[C@H]3CC[C@@H]2C3)CC1(C)C. The zero-order valence-corrected chi connectivity index (χ0v) is 23.9. The maximum atomic E-state index is 13.6. The fourth-order valence-electron chi connectivity index (χ4n) is 8.18. The van der Waals surface area contributed by atoms with E-state index in [1.807, 2.05) is 0 Å². The fraction of sp³-hybridized carbons (Fsp3) is 0.931.